The van der Waals surface area contributed by atoms with Crippen LogP contribution in [0.25, 0.3) is 33.4 Å². The van der Waals surface area contributed by atoms with E-state index in [-0.39, 0.29) is 0 Å². The normalized spacial score (nSPS) is 10.9. The van der Waals surface area contributed by atoms with Crippen LogP contribution in [-0.2, 0) is 0 Å². The molecule has 0 unspecified atom stereocenters. The van der Waals surface area contributed by atoms with E-state index in [4.69, 9.17) is 5.73 Å². The number of benzene rings is 1. The Hall–Kier alpha value is -3.21. The van der Waals surface area contributed by atoms with Gasteiger partial charge in [0.15, 0.2) is 5.65 Å². The maximum Gasteiger partial charge on any atom is 0.182 e. The third-order valence-corrected chi connectivity index (χ3v) is 3.62. The molecule has 106 valence electrons. The number of H-pyrrole nitrogens is 1. The number of pyridine rings is 2. The number of aromatic amines is 1. The van der Waals surface area contributed by atoms with E-state index >= 15 is 0 Å². The lowest BCUT2D eigenvalue weighted by Crippen LogP contribution is -1.88. The Morgan fingerprint density at radius 1 is 0.909 bits per heavy atom. The maximum absolute atomic E-state index is 5.92. The van der Waals surface area contributed by atoms with Gasteiger partial charge in [-0.3, -0.25) is 10.1 Å². The van der Waals surface area contributed by atoms with Crippen molar-refractivity contribution >= 4 is 16.7 Å². The highest BCUT2D eigenvalue weighted by Gasteiger charge is 2.14. The van der Waals surface area contributed by atoms with Crippen LogP contribution in [0.2, 0.25) is 0 Å². The van der Waals surface area contributed by atoms with Gasteiger partial charge in [-0.05, 0) is 41.5 Å². The van der Waals surface area contributed by atoms with Crippen LogP contribution in [0, 0.1) is 0 Å². The predicted molar refractivity (Wildman–Crippen MR) is 87.0 cm³/mol. The van der Waals surface area contributed by atoms with Crippen molar-refractivity contribution in [2.24, 2.45) is 0 Å². The fourth-order valence-corrected chi connectivity index (χ4v) is 2.62. The van der Waals surface area contributed by atoms with Crippen LogP contribution in [0.1, 0.15) is 0 Å². The van der Waals surface area contributed by atoms with E-state index < -0.39 is 0 Å². The minimum atomic E-state index is 0.687. The minimum absolute atomic E-state index is 0.687. The number of rotatable bonds is 2. The molecule has 4 rings (SSSR count). The van der Waals surface area contributed by atoms with E-state index in [9.17, 15) is 0 Å². The highest BCUT2D eigenvalue weighted by atomic mass is 15.1. The van der Waals surface area contributed by atoms with E-state index in [1.54, 1.807) is 18.6 Å². The van der Waals surface area contributed by atoms with Gasteiger partial charge in [0, 0.05) is 29.8 Å². The molecule has 0 bridgehead atoms. The molecular weight excluding hydrogens is 274 g/mol. The summed E-state index contributed by atoms with van der Waals surface area (Å²) in [5.41, 5.74) is 11.4. The first-order chi connectivity index (χ1) is 10.8. The average Bonchev–Trinajstić information content (AvgIpc) is 3.00. The van der Waals surface area contributed by atoms with Crippen LogP contribution in [0.15, 0.2) is 61.1 Å². The van der Waals surface area contributed by atoms with Gasteiger partial charge in [-0.15, -0.1) is 0 Å². The molecule has 22 heavy (non-hydrogen) atoms. The van der Waals surface area contributed by atoms with Gasteiger partial charge in [0.25, 0.3) is 0 Å². The Kier molecular flexibility index (Phi) is 2.83. The molecule has 3 heterocycles. The molecule has 0 radical (unpaired) electrons. The summed E-state index contributed by atoms with van der Waals surface area (Å²) in [6.45, 7) is 0. The van der Waals surface area contributed by atoms with Crippen LogP contribution in [0.4, 0.5) is 5.69 Å². The van der Waals surface area contributed by atoms with Crippen molar-refractivity contribution < 1.29 is 0 Å². The van der Waals surface area contributed by atoms with Gasteiger partial charge >= 0.3 is 0 Å². The molecular formula is C17H13N5. The maximum atomic E-state index is 5.92. The number of nitrogens with zero attached hydrogens (tertiary/aromatic N) is 3. The Labute approximate surface area is 126 Å². The summed E-state index contributed by atoms with van der Waals surface area (Å²) < 4.78 is 0. The molecule has 0 aliphatic heterocycles. The van der Waals surface area contributed by atoms with E-state index in [1.807, 2.05) is 42.5 Å². The smallest absolute Gasteiger partial charge is 0.182 e. The first kappa shape index (κ1) is 12.5. The SMILES string of the molecule is Nc1cccc(-c2ccnc3n[nH]c(-c4ccncc4)c23)c1. The zero-order valence-electron chi connectivity index (χ0n) is 11.7. The molecule has 5 heteroatoms. The lowest BCUT2D eigenvalue weighted by Gasteiger charge is -2.06. The van der Waals surface area contributed by atoms with Gasteiger partial charge in [0.1, 0.15) is 0 Å². The van der Waals surface area contributed by atoms with Gasteiger partial charge in [-0.2, -0.15) is 5.10 Å². The number of hydrogen-bond donors (Lipinski definition) is 2. The topological polar surface area (TPSA) is 80.5 Å². The third-order valence-electron chi connectivity index (χ3n) is 3.62. The number of anilines is 1. The molecule has 3 aromatic heterocycles. The lowest BCUT2D eigenvalue weighted by atomic mass is 10.00. The van der Waals surface area contributed by atoms with Crippen molar-refractivity contribution in [1.29, 1.82) is 0 Å². The molecule has 3 N–H and O–H groups in total. The zero-order valence-corrected chi connectivity index (χ0v) is 11.7. The predicted octanol–water partition coefficient (Wildman–Crippen LogP) is 3.27. The zero-order chi connectivity index (χ0) is 14.9. The van der Waals surface area contributed by atoms with Gasteiger partial charge in [0.2, 0.25) is 0 Å². The molecule has 4 aromatic rings. The highest BCUT2D eigenvalue weighted by Crippen LogP contribution is 2.34. The van der Waals surface area contributed by atoms with Crippen molar-refractivity contribution in [3.05, 3.63) is 61.1 Å². The van der Waals surface area contributed by atoms with Crippen LogP contribution >= 0.6 is 0 Å². The summed E-state index contributed by atoms with van der Waals surface area (Å²) >= 11 is 0. The standard InChI is InChI=1S/C17H13N5/c18-13-3-1-2-12(10-13)14-6-9-20-17-15(14)16(21-22-17)11-4-7-19-8-5-11/h1-10H,18H2,(H,20,21,22). The number of hydrogen-bond acceptors (Lipinski definition) is 4. The van der Waals surface area contributed by atoms with Crippen molar-refractivity contribution in [3.63, 3.8) is 0 Å². The molecule has 1 aromatic carbocycles. The van der Waals surface area contributed by atoms with Crippen molar-refractivity contribution in [2.45, 2.75) is 0 Å². The van der Waals surface area contributed by atoms with Crippen LogP contribution in [0.5, 0.6) is 0 Å². The van der Waals surface area contributed by atoms with E-state index in [0.717, 1.165) is 33.5 Å². The second kappa shape index (κ2) is 4.96. The van der Waals surface area contributed by atoms with Crippen molar-refractivity contribution in [2.75, 3.05) is 5.73 Å². The highest BCUT2D eigenvalue weighted by molar-refractivity contribution is 6.02. The minimum Gasteiger partial charge on any atom is -0.399 e. The Morgan fingerprint density at radius 3 is 2.59 bits per heavy atom. The van der Waals surface area contributed by atoms with Gasteiger partial charge < -0.3 is 5.73 Å². The number of fused-ring (bicyclic) bond motifs is 1. The molecule has 0 aliphatic carbocycles. The number of aromatic nitrogens is 4. The van der Waals surface area contributed by atoms with E-state index in [1.165, 1.54) is 0 Å². The average molecular weight is 287 g/mol. The quantitative estimate of drug-likeness (QED) is 0.554. The second-order valence-corrected chi connectivity index (χ2v) is 5.02. The summed E-state index contributed by atoms with van der Waals surface area (Å²) in [6.07, 6.45) is 5.29. The summed E-state index contributed by atoms with van der Waals surface area (Å²) in [5, 5.41) is 8.38. The van der Waals surface area contributed by atoms with Crippen molar-refractivity contribution in [1.82, 2.24) is 20.2 Å². The summed E-state index contributed by atoms with van der Waals surface area (Å²) in [6, 6.07) is 13.7. The first-order valence-corrected chi connectivity index (χ1v) is 6.92. The molecule has 5 nitrogen and oxygen atoms in total. The number of nitrogens with one attached hydrogen (secondary N) is 1. The monoisotopic (exact) mass is 287 g/mol. The fourth-order valence-electron chi connectivity index (χ4n) is 2.62. The largest absolute Gasteiger partial charge is 0.399 e. The van der Waals surface area contributed by atoms with Crippen LogP contribution < -0.4 is 5.73 Å². The van der Waals surface area contributed by atoms with Gasteiger partial charge in [0.05, 0.1) is 11.1 Å². The molecule has 0 saturated carbocycles. The second-order valence-electron chi connectivity index (χ2n) is 5.02. The van der Waals surface area contributed by atoms with Crippen molar-refractivity contribution in [3.8, 4) is 22.4 Å². The Balaban J connectivity index is 2.02. The molecule has 0 aliphatic rings. The number of nitrogens with two attached hydrogens (primary N) is 1. The Bertz CT molecular complexity index is 944. The molecule has 0 saturated heterocycles. The first-order valence-electron chi connectivity index (χ1n) is 6.92. The summed E-state index contributed by atoms with van der Waals surface area (Å²) in [7, 11) is 0. The van der Waals surface area contributed by atoms with E-state index in [0.29, 0.717) is 5.65 Å². The summed E-state index contributed by atoms with van der Waals surface area (Å²) in [4.78, 5) is 8.41. The van der Waals surface area contributed by atoms with Gasteiger partial charge in [-0.25, -0.2) is 4.98 Å². The Morgan fingerprint density at radius 2 is 1.77 bits per heavy atom. The van der Waals surface area contributed by atoms with Crippen LogP contribution in [-0.4, -0.2) is 20.2 Å². The third kappa shape index (κ3) is 2.00. The van der Waals surface area contributed by atoms with Crippen LogP contribution in [0.3, 0.4) is 0 Å². The van der Waals surface area contributed by atoms with E-state index in [2.05, 4.69) is 20.2 Å². The molecule has 0 spiro atoms. The summed E-state index contributed by atoms with van der Waals surface area (Å²) in [5.74, 6) is 0. The molecule has 0 atom stereocenters. The van der Waals surface area contributed by atoms with Gasteiger partial charge in [-0.1, -0.05) is 12.1 Å². The molecule has 0 fully saturated rings. The lowest BCUT2D eigenvalue weighted by molar-refractivity contribution is 1.10. The fraction of sp³-hybridized carbons (Fsp3) is 0. The number of nitrogen functional groups attached to an aromatic ring is 1. The molecule has 0 amide bonds.